The first-order valence-corrected chi connectivity index (χ1v) is 10.3. The molecule has 3 nitrogen and oxygen atoms in total. The van der Waals surface area contributed by atoms with Crippen LogP contribution < -0.4 is 5.32 Å². The number of benzene rings is 3. The van der Waals surface area contributed by atoms with E-state index in [2.05, 4.69) is 5.32 Å². The van der Waals surface area contributed by atoms with Gasteiger partial charge in [0.1, 0.15) is 5.82 Å². The van der Waals surface area contributed by atoms with Crippen molar-refractivity contribution in [3.8, 4) is 0 Å². The van der Waals surface area contributed by atoms with Crippen LogP contribution in [0.2, 0.25) is 0 Å². The van der Waals surface area contributed by atoms with Crippen LogP contribution in [-0.2, 0) is 12.6 Å². The molecule has 1 atom stereocenters. The molecule has 0 saturated heterocycles. The normalized spacial score (nSPS) is 12.3. The third-order valence-corrected chi connectivity index (χ3v) is 5.77. The van der Waals surface area contributed by atoms with E-state index in [4.69, 9.17) is 0 Å². The Labute approximate surface area is 189 Å². The van der Waals surface area contributed by atoms with Gasteiger partial charge in [-0.2, -0.15) is 13.2 Å². The van der Waals surface area contributed by atoms with E-state index in [-0.39, 0.29) is 12.0 Å². The van der Waals surface area contributed by atoms with Crippen molar-refractivity contribution >= 4 is 11.7 Å². The molecule has 1 amide bonds. The maximum absolute atomic E-state index is 13.3. The molecule has 7 heteroatoms. The van der Waals surface area contributed by atoms with E-state index >= 15 is 0 Å². The summed E-state index contributed by atoms with van der Waals surface area (Å²) in [5.41, 5.74) is 2.98. The SMILES string of the molecule is Cc1ccc(C(=O)NC(Cc2ccc(C(F)(F)F)cc2)C(=O)c2ccc(F)cc2)c(C)c1C. The van der Waals surface area contributed by atoms with Crippen LogP contribution >= 0.6 is 0 Å². The van der Waals surface area contributed by atoms with Gasteiger partial charge in [0.2, 0.25) is 0 Å². The molecule has 0 aliphatic carbocycles. The van der Waals surface area contributed by atoms with Crippen LogP contribution in [0.3, 0.4) is 0 Å². The number of Topliss-reactive ketones (excluding diaryl/α,β-unsaturated/α-hetero) is 1. The van der Waals surface area contributed by atoms with E-state index in [9.17, 15) is 27.2 Å². The summed E-state index contributed by atoms with van der Waals surface area (Å²) in [6, 6.07) is 11.7. The van der Waals surface area contributed by atoms with Crippen molar-refractivity contribution in [3.05, 3.63) is 105 Å². The first-order chi connectivity index (χ1) is 15.5. The lowest BCUT2D eigenvalue weighted by Crippen LogP contribution is -2.42. The molecule has 33 heavy (non-hydrogen) atoms. The number of ketones is 1. The van der Waals surface area contributed by atoms with Crippen molar-refractivity contribution in [2.45, 2.75) is 39.4 Å². The first-order valence-electron chi connectivity index (χ1n) is 10.3. The molecule has 1 N–H and O–H groups in total. The molecule has 3 rings (SSSR count). The highest BCUT2D eigenvalue weighted by Gasteiger charge is 2.30. The number of nitrogens with one attached hydrogen (secondary N) is 1. The molecular formula is C26H23F4NO2. The van der Waals surface area contributed by atoms with Gasteiger partial charge in [0.05, 0.1) is 11.6 Å². The molecule has 0 bridgehead atoms. The molecule has 0 spiro atoms. The number of carbonyl (C=O) groups is 2. The lowest BCUT2D eigenvalue weighted by molar-refractivity contribution is -0.137. The Hall–Kier alpha value is -3.48. The third kappa shape index (κ3) is 5.66. The zero-order chi connectivity index (χ0) is 24.3. The molecule has 172 valence electrons. The number of carbonyl (C=O) groups excluding carboxylic acids is 2. The van der Waals surface area contributed by atoms with Gasteiger partial charge in [0, 0.05) is 17.5 Å². The average Bonchev–Trinajstić information content (AvgIpc) is 2.77. The Balaban J connectivity index is 1.91. The van der Waals surface area contributed by atoms with Crippen LogP contribution in [0.5, 0.6) is 0 Å². The molecule has 3 aromatic rings. The number of rotatable bonds is 6. The lowest BCUT2D eigenvalue weighted by Gasteiger charge is -2.20. The zero-order valence-electron chi connectivity index (χ0n) is 18.4. The minimum atomic E-state index is -4.48. The van der Waals surface area contributed by atoms with E-state index in [1.54, 1.807) is 6.07 Å². The Morgan fingerprint density at radius 2 is 1.45 bits per heavy atom. The standard InChI is InChI=1S/C26H23F4NO2/c1-15-4-13-22(17(3)16(15)2)25(33)31-23(24(32)19-7-11-21(27)12-8-19)14-18-5-9-20(10-6-18)26(28,29)30/h4-13,23H,14H2,1-3H3,(H,31,33). The minimum absolute atomic E-state index is 0.0238. The van der Waals surface area contributed by atoms with Gasteiger partial charge in [-0.05, 0) is 85.5 Å². The molecule has 0 aromatic heterocycles. The summed E-state index contributed by atoms with van der Waals surface area (Å²) < 4.78 is 51.9. The van der Waals surface area contributed by atoms with Crippen molar-refractivity contribution < 1.29 is 27.2 Å². The Morgan fingerprint density at radius 3 is 2.03 bits per heavy atom. The Kier molecular flexibility index (Phi) is 7.01. The van der Waals surface area contributed by atoms with Crippen molar-refractivity contribution in [3.63, 3.8) is 0 Å². The van der Waals surface area contributed by atoms with Crippen LogP contribution in [0.25, 0.3) is 0 Å². The highest BCUT2D eigenvalue weighted by atomic mass is 19.4. The molecule has 0 fully saturated rings. The fourth-order valence-electron chi connectivity index (χ4n) is 3.53. The number of alkyl halides is 3. The summed E-state index contributed by atoms with van der Waals surface area (Å²) in [7, 11) is 0. The second-order valence-corrected chi connectivity index (χ2v) is 7.98. The van der Waals surface area contributed by atoms with Gasteiger partial charge in [-0.1, -0.05) is 18.2 Å². The first kappa shape index (κ1) is 24.2. The molecule has 0 aliphatic rings. The van der Waals surface area contributed by atoms with E-state index in [1.807, 2.05) is 26.8 Å². The Morgan fingerprint density at radius 1 is 0.848 bits per heavy atom. The van der Waals surface area contributed by atoms with E-state index < -0.39 is 35.3 Å². The summed E-state index contributed by atoms with van der Waals surface area (Å²) in [6.07, 6.45) is -4.50. The lowest BCUT2D eigenvalue weighted by atomic mass is 9.95. The molecule has 0 saturated carbocycles. The fourth-order valence-corrected chi connectivity index (χ4v) is 3.53. The van der Waals surface area contributed by atoms with Crippen LogP contribution in [0, 0.1) is 26.6 Å². The van der Waals surface area contributed by atoms with E-state index in [0.29, 0.717) is 11.1 Å². The van der Waals surface area contributed by atoms with Crippen LogP contribution in [0.15, 0.2) is 60.7 Å². The van der Waals surface area contributed by atoms with Gasteiger partial charge < -0.3 is 5.32 Å². The van der Waals surface area contributed by atoms with E-state index in [1.165, 1.54) is 24.3 Å². The van der Waals surface area contributed by atoms with Gasteiger partial charge >= 0.3 is 6.18 Å². The minimum Gasteiger partial charge on any atom is -0.341 e. The summed E-state index contributed by atoms with van der Waals surface area (Å²) in [4.78, 5) is 26.2. The van der Waals surface area contributed by atoms with Crippen molar-refractivity contribution in [1.82, 2.24) is 5.32 Å². The highest BCUT2D eigenvalue weighted by molar-refractivity contribution is 6.05. The summed E-state index contributed by atoms with van der Waals surface area (Å²) in [5.74, 6) is -1.45. The molecule has 3 aromatic carbocycles. The molecular weight excluding hydrogens is 434 g/mol. The largest absolute Gasteiger partial charge is 0.416 e. The molecule has 0 radical (unpaired) electrons. The van der Waals surface area contributed by atoms with Gasteiger partial charge in [-0.25, -0.2) is 4.39 Å². The second-order valence-electron chi connectivity index (χ2n) is 7.98. The molecule has 0 heterocycles. The monoisotopic (exact) mass is 457 g/mol. The van der Waals surface area contributed by atoms with Crippen molar-refractivity contribution in [1.29, 1.82) is 0 Å². The number of aryl methyl sites for hydroxylation is 1. The maximum atomic E-state index is 13.3. The summed E-state index contributed by atoms with van der Waals surface area (Å²) >= 11 is 0. The Bertz CT molecular complexity index is 1170. The maximum Gasteiger partial charge on any atom is 0.416 e. The van der Waals surface area contributed by atoms with Crippen LogP contribution in [0.1, 0.15) is 48.5 Å². The average molecular weight is 457 g/mol. The quantitative estimate of drug-likeness (QED) is 0.365. The smallest absolute Gasteiger partial charge is 0.341 e. The second kappa shape index (κ2) is 9.57. The number of amides is 1. The number of hydrogen-bond donors (Lipinski definition) is 1. The summed E-state index contributed by atoms with van der Waals surface area (Å²) in [6.45, 7) is 5.63. The van der Waals surface area contributed by atoms with Gasteiger partial charge in [0.25, 0.3) is 5.91 Å². The fraction of sp³-hybridized carbons (Fsp3) is 0.231. The zero-order valence-corrected chi connectivity index (χ0v) is 18.4. The van der Waals surface area contributed by atoms with Gasteiger partial charge in [0.15, 0.2) is 5.78 Å². The van der Waals surface area contributed by atoms with Crippen molar-refractivity contribution in [2.75, 3.05) is 0 Å². The number of hydrogen-bond acceptors (Lipinski definition) is 2. The third-order valence-electron chi connectivity index (χ3n) is 5.77. The van der Waals surface area contributed by atoms with E-state index in [0.717, 1.165) is 41.0 Å². The van der Waals surface area contributed by atoms with Crippen LogP contribution in [-0.4, -0.2) is 17.7 Å². The topological polar surface area (TPSA) is 46.2 Å². The van der Waals surface area contributed by atoms with Crippen LogP contribution in [0.4, 0.5) is 17.6 Å². The van der Waals surface area contributed by atoms with Gasteiger partial charge in [-0.15, -0.1) is 0 Å². The predicted molar refractivity (Wildman–Crippen MR) is 118 cm³/mol. The molecule has 0 aliphatic heterocycles. The summed E-state index contributed by atoms with van der Waals surface area (Å²) in [5, 5.41) is 2.72. The highest BCUT2D eigenvalue weighted by Crippen LogP contribution is 2.29. The van der Waals surface area contributed by atoms with Crippen molar-refractivity contribution in [2.24, 2.45) is 0 Å². The number of halogens is 4. The van der Waals surface area contributed by atoms with Gasteiger partial charge in [-0.3, -0.25) is 9.59 Å². The molecule has 1 unspecified atom stereocenters. The predicted octanol–water partition coefficient (Wildman–Crippen LogP) is 5.99.